The molecule has 110 valence electrons. The third kappa shape index (κ3) is 3.67. The van der Waals surface area contributed by atoms with Crippen LogP contribution in [0.3, 0.4) is 0 Å². The number of methoxy groups -OCH3 is 1. The van der Waals surface area contributed by atoms with E-state index < -0.39 is 4.92 Å². The zero-order valence-electron chi connectivity index (χ0n) is 11.7. The molecule has 0 saturated carbocycles. The summed E-state index contributed by atoms with van der Waals surface area (Å²) in [4.78, 5) is 14.5. The molecule has 2 rings (SSSR count). The monoisotopic (exact) mass is 289 g/mol. The Morgan fingerprint density at radius 2 is 2.10 bits per heavy atom. The lowest BCUT2D eigenvalue weighted by molar-refractivity contribution is -0.385. The minimum absolute atomic E-state index is 0.144. The zero-order valence-corrected chi connectivity index (χ0v) is 11.7. The Labute approximate surface area is 121 Å². The standard InChI is InChI=1S/C14H15N3O4/c1-15-7-10-5-12(9-16-8-10)21-11-3-4-14(20-2)13(6-11)17(18)19/h3-6,8-9,15H,7H2,1-2H3. The summed E-state index contributed by atoms with van der Waals surface area (Å²) in [5.41, 5.74) is 0.812. The van der Waals surface area contributed by atoms with Crippen LogP contribution in [0, 0.1) is 10.1 Å². The van der Waals surface area contributed by atoms with E-state index in [1.165, 1.54) is 19.2 Å². The van der Waals surface area contributed by atoms with Gasteiger partial charge in [-0.1, -0.05) is 0 Å². The van der Waals surface area contributed by atoms with Crippen LogP contribution < -0.4 is 14.8 Å². The Hall–Kier alpha value is -2.67. The Kier molecular flexibility index (Phi) is 4.68. The maximum Gasteiger partial charge on any atom is 0.314 e. The lowest BCUT2D eigenvalue weighted by atomic mass is 10.2. The lowest BCUT2D eigenvalue weighted by Gasteiger charge is -2.08. The molecule has 0 unspecified atom stereocenters. The normalized spacial score (nSPS) is 10.2. The predicted molar refractivity (Wildman–Crippen MR) is 76.7 cm³/mol. The fourth-order valence-corrected chi connectivity index (χ4v) is 1.83. The average Bonchev–Trinajstić information content (AvgIpc) is 2.48. The third-order valence-corrected chi connectivity index (χ3v) is 2.73. The van der Waals surface area contributed by atoms with Gasteiger partial charge in [0.25, 0.3) is 0 Å². The van der Waals surface area contributed by atoms with Crippen molar-refractivity contribution in [2.24, 2.45) is 0 Å². The number of benzene rings is 1. The van der Waals surface area contributed by atoms with Gasteiger partial charge in [-0.15, -0.1) is 0 Å². The first-order chi connectivity index (χ1) is 10.1. The van der Waals surface area contributed by atoms with Gasteiger partial charge in [-0.3, -0.25) is 15.1 Å². The summed E-state index contributed by atoms with van der Waals surface area (Å²) in [5, 5.41) is 14.0. The van der Waals surface area contributed by atoms with Gasteiger partial charge in [0.05, 0.1) is 24.3 Å². The van der Waals surface area contributed by atoms with E-state index in [0.717, 1.165) is 5.56 Å². The van der Waals surface area contributed by atoms with Crippen LogP contribution in [-0.2, 0) is 6.54 Å². The second-order valence-corrected chi connectivity index (χ2v) is 4.25. The number of hydrogen-bond donors (Lipinski definition) is 1. The Bertz CT molecular complexity index is 646. The number of pyridine rings is 1. The number of rotatable bonds is 6. The summed E-state index contributed by atoms with van der Waals surface area (Å²) in [6.07, 6.45) is 3.27. The maximum absolute atomic E-state index is 11.0. The van der Waals surface area contributed by atoms with Crippen molar-refractivity contribution < 1.29 is 14.4 Å². The first-order valence-corrected chi connectivity index (χ1v) is 6.23. The van der Waals surface area contributed by atoms with Gasteiger partial charge in [0.15, 0.2) is 5.75 Å². The summed E-state index contributed by atoms with van der Waals surface area (Å²) in [7, 11) is 3.22. The highest BCUT2D eigenvalue weighted by molar-refractivity contribution is 5.51. The van der Waals surface area contributed by atoms with Crippen LogP contribution in [0.4, 0.5) is 5.69 Å². The van der Waals surface area contributed by atoms with Crippen molar-refractivity contribution in [2.75, 3.05) is 14.2 Å². The number of nitro benzene ring substituents is 1. The fraction of sp³-hybridized carbons (Fsp3) is 0.214. The van der Waals surface area contributed by atoms with Crippen molar-refractivity contribution in [2.45, 2.75) is 6.54 Å². The van der Waals surface area contributed by atoms with Gasteiger partial charge in [-0.2, -0.15) is 0 Å². The molecule has 7 nitrogen and oxygen atoms in total. The molecule has 0 bridgehead atoms. The van der Waals surface area contributed by atoms with E-state index >= 15 is 0 Å². The molecule has 0 aliphatic rings. The quantitative estimate of drug-likeness (QED) is 0.649. The van der Waals surface area contributed by atoms with Crippen LogP contribution in [-0.4, -0.2) is 24.1 Å². The van der Waals surface area contributed by atoms with Gasteiger partial charge in [0, 0.05) is 12.7 Å². The van der Waals surface area contributed by atoms with Gasteiger partial charge in [-0.25, -0.2) is 0 Å². The molecule has 7 heteroatoms. The molecule has 1 N–H and O–H groups in total. The van der Waals surface area contributed by atoms with E-state index in [1.807, 2.05) is 13.1 Å². The molecule has 2 aromatic rings. The summed E-state index contributed by atoms with van der Waals surface area (Å²) >= 11 is 0. The molecule has 0 aliphatic heterocycles. The highest BCUT2D eigenvalue weighted by Crippen LogP contribution is 2.32. The molecule has 1 aromatic heterocycles. The van der Waals surface area contributed by atoms with Crippen LogP contribution in [0.2, 0.25) is 0 Å². The van der Waals surface area contributed by atoms with Crippen molar-refractivity contribution in [1.82, 2.24) is 10.3 Å². The van der Waals surface area contributed by atoms with Crippen LogP contribution in [0.25, 0.3) is 0 Å². The van der Waals surface area contributed by atoms with Gasteiger partial charge >= 0.3 is 5.69 Å². The van der Waals surface area contributed by atoms with E-state index in [9.17, 15) is 10.1 Å². The molecule has 0 atom stereocenters. The number of nitro groups is 1. The SMILES string of the molecule is CNCc1cncc(Oc2ccc(OC)c([N+](=O)[O-])c2)c1. The molecular formula is C14H15N3O4. The molecule has 0 spiro atoms. The maximum atomic E-state index is 11.0. The van der Waals surface area contributed by atoms with Crippen LogP contribution in [0.1, 0.15) is 5.56 Å². The summed E-state index contributed by atoms with van der Waals surface area (Å²) in [6, 6.07) is 6.25. The van der Waals surface area contributed by atoms with E-state index in [2.05, 4.69) is 10.3 Å². The largest absolute Gasteiger partial charge is 0.490 e. The highest BCUT2D eigenvalue weighted by Gasteiger charge is 2.16. The fourth-order valence-electron chi connectivity index (χ4n) is 1.83. The Balaban J connectivity index is 2.25. The topological polar surface area (TPSA) is 86.5 Å². The van der Waals surface area contributed by atoms with Crippen molar-refractivity contribution in [3.05, 3.63) is 52.3 Å². The Morgan fingerprint density at radius 3 is 2.76 bits per heavy atom. The number of nitrogens with zero attached hydrogens (tertiary/aromatic N) is 2. The number of aromatic nitrogens is 1. The minimum Gasteiger partial charge on any atom is -0.490 e. The molecule has 0 saturated heterocycles. The summed E-state index contributed by atoms with van der Waals surface area (Å²) in [5.74, 6) is 1.06. The smallest absolute Gasteiger partial charge is 0.314 e. The van der Waals surface area contributed by atoms with E-state index in [4.69, 9.17) is 9.47 Å². The predicted octanol–water partition coefficient (Wildman–Crippen LogP) is 2.51. The average molecular weight is 289 g/mol. The van der Waals surface area contributed by atoms with Crippen molar-refractivity contribution in [3.63, 3.8) is 0 Å². The molecule has 21 heavy (non-hydrogen) atoms. The first-order valence-electron chi connectivity index (χ1n) is 6.23. The number of hydrogen-bond acceptors (Lipinski definition) is 6. The first kappa shape index (κ1) is 14.7. The van der Waals surface area contributed by atoms with Gasteiger partial charge in [0.1, 0.15) is 11.5 Å². The molecule has 0 fully saturated rings. The molecule has 0 radical (unpaired) electrons. The van der Waals surface area contributed by atoms with E-state index in [-0.39, 0.29) is 11.4 Å². The van der Waals surface area contributed by atoms with Crippen molar-refractivity contribution in [1.29, 1.82) is 0 Å². The summed E-state index contributed by atoms with van der Waals surface area (Å²) < 4.78 is 10.6. The highest BCUT2D eigenvalue weighted by atomic mass is 16.6. The molecule has 0 amide bonds. The third-order valence-electron chi connectivity index (χ3n) is 2.73. The Morgan fingerprint density at radius 1 is 1.29 bits per heavy atom. The van der Waals surface area contributed by atoms with E-state index in [0.29, 0.717) is 18.0 Å². The van der Waals surface area contributed by atoms with Gasteiger partial charge in [0.2, 0.25) is 0 Å². The van der Waals surface area contributed by atoms with Crippen LogP contribution in [0.15, 0.2) is 36.7 Å². The van der Waals surface area contributed by atoms with Gasteiger partial charge in [-0.05, 0) is 30.8 Å². The van der Waals surface area contributed by atoms with Crippen LogP contribution in [0.5, 0.6) is 17.2 Å². The van der Waals surface area contributed by atoms with E-state index in [1.54, 1.807) is 18.5 Å². The molecule has 0 aliphatic carbocycles. The zero-order chi connectivity index (χ0) is 15.2. The number of nitrogens with one attached hydrogen (secondary N) is 1. The second kappa shape index (κ2) is 6.67. The van der Waals surface area contributed by atoms with Crippen molar-refractivity contribution >= 4 is 5.69 Å². The molecular weight excluding hydrogens is 274 g/mol. The summed E-state index contributed by atoms with van der Waals surface area (Å²) in [6.45, 7) is 0.660. The lowest BCUT2D eigenvalue weighted by Crippen LogP contribution is -2.05. The number of ether oxygens (including phenoxy) is 2. The van der Waals surface area contributed by atoms with Gasteiger partial charge < -0.3 is 14.8 Å². The molecule has 1 aromatic carbocycles. The van der Waals surface area contributed by atoms with Crippen molar-refractivity contribution in [3.8, 4) is 17.2 Å². The second-order valence-electron chi connectivity index (χ2n) is 4.25. The molecule has 1 heterocycles. The van der Waals surface area contributed by atoms with Crippen LogP contribution >= 0.6 is 0 Å². The minimum atomic E-state index is -0.513.